The number of primary amides is 1. The zero-order chi connectivity index (χ0) is 45.8. The van der Waals surface area contributed by atoms with Crippen LogP contribution < -0.4 is 49.1 Å². The number of nitrogens with two attached hydrogens (primary N) is 3. The molecular weight excluding hydrogens is 803 g/mol. The number of nitrogens with zero attached hydrogens (tertiary/aromatic N) is 1. The van der Waals surface area contributed by atoms with E-state index in [1.54, 1.807) is 12.1 Å². The Balaban J connectivity index is 1.98. The molecule has 0 unspecified atom stereocenters. The van der Waals surface area contributed by atoms with Crippen molar-refractivity contribution in [2.24, 2.45) is 17.2 Å². The van der Waals surface area contributed by atoms with Crippen LogP contribution in [0.3, 0.4) is 0 Å². The highest BCUT2D eigenvalue weighted by Gasteiger charge is 2.32. The number of hydrogen-bond acceptors (Lipinski definition) is 14. The molecule has 23 nitrogen and oxygen atoms in total. The number of aliphatic hydroxyl groups excluding tert-OH is 1. The third kappa shape index (κ3) is 17.3. The van der Waals surface area contributed by atoms with Gasteiger partial charge in [-0.2, -0.15) is 0 Å². The summed E-state index contributed by atoms with van der Waals surface area (Å²) >= 11 is 0. The third-order valence-corrected chi connectivity index (χ3v) is 8.92. The number of aliphatic carboxylic acids is 1. The number of amides is 8. The van der Waals surface area contributed by atoms with E-state index >= 15 is 0 Å². The number of unbranched alkanes of at least 4 members (excludes halogenated alkanes) is 1. The normalized spacial score (nSPS) is 13.2. The van der Waals surface area contributed by atoms with Crippen LogP contribution in [-0.2, 0) is 44.8 Å². The first-order chi connectivity index (χ1) is 28.8. The highest BCUT2D eigenvalue weighted by molar-refractivity contribution is 6.41. The van der Waals surface area contributed by atoms with Crippen molar-refractivity contribution < 1.29 is 63.4 Å². The first-order valence-corrected chi connectivity index (χ1v) is 19.0. The number of carbonyl (C=O) groups is 9. The van der Waals surface area contributed by atoms with Gasteiger partial charge in [-0.1, -0.05) is 49.7 Å². The van der Waals surface area contributed by atoms with Crippen molar-refractivity contribution in [3.8, 4) is 11.1 Å². The second kappa shape index (κ2) is 25.2. The van der Waals surface area contributed by atoms with Gasteiger partial charge in [0.15, 0.2) is 12.3 Å². The van der Waals surface area contributed by atoms with Crippen LogP contribution in [0.4, 0.5) is 0 Å². The SMILES string of the molecule is CCCCc1ccc(-c2ccc(C(=O)N[C@H](CO)C(=O)N[C@H](N)C(=O)NCC(=O)N(C)[C@@H](CCC(=O)O)C(=O)N[C@@H](N)C(=O)N[C@@H](CC(N)=O)C(=O)NCB(O)O)cc2)cc1. The number of benzene rings is 2. The molecular formula is C37H53BN10O13. The third-order valence-electron chi connectivity index (χ3n) is 8.92. The maximum absolute atomic E-state index is 13.2. The number of likely N-dealkylation sites (N-methyl/N-ethyl adjacent to an activating group) is 1. The largest absolute Gasteiger partial charge is 0.481 e. The van der Waals surface area contributed by atoms with Gasteiger partial charge in [-0.25, -0.2) is 0 Å². The molecule has 5 atom stereocenters. The standard InChI is InChI=1S/C37H53BN10O13/c1-3-4-5-20-6-8-21(9-7-20)22-10-12-23(13-11-22)32(54)45-25(18-49)34(56)46-30(40)36(58)42-17-28(51)48(2)26(14-15-29(52)53)35(57)47-31(41)37(59)44-24(16-27(39)50)33(55)43-19-38(60)61/h6-13,24-26,30-31,49,60-61H,3-5,14-19,40-41H2,1-2H3,(H2,39,50)(H,42,58)(H,43,55)(H,44,59)(H,45,54)(H,46,56)(H,47,57)(H,52,53)/t24-,25+,26-,30-,31+/m0/s1. The van der Waals surface area contributed by atoms with Crippen LogP contribution in [0.15, 0.2) is 48.5 Å². The first-order valence-electron chi connectivity index (χ1n) is 19.0. The van der Waals surface area contributed by atoms with Gasteiger partial charge < -0.3 is 74.3 Å². The van der Waals surface area contributed by atoms with Gasteiger partial charge in [-0.3, -0.25) is 43.2 Å². The zero-order valence-electron chi connectivity index (χ0n) is 33.6. The van der Waals surface area contributed by atoms with Crippen molar-refractivity contribution in [2.45, 2.75) is 75.9 Å². The Morgan fingerprint density at radius 2 is 1.31 bits per heavy atom. The summed E-state index contributed by atoms with van der Waals surface area (Å²) in [5, 5.41) is 49.7. The molecule has 0 aromatic heterocycles. The second-order valence-corrected chi connectivity index (χ2v) is 13.7. The van der Waals surface area contributed by atoms with Gasteiger partial charge in [0.05, 0.1) is 26.0 Å². The molecule has 332 valence electrons. The summed E-state index contributed by atoms with van der Waals surface area (Å²) in [4.78, 5) is 113. The molecule has 0 spiro atoms. The Morgan fingerprint density at radius 1 is 0.738 bits per heavy atom. The highest BCUT2D eigenvalue weighted by atomic mass is 16.4. The summed E-state index contributed by atoms with van der Waals surface area (Å²) in [7, 11) is -0.890. The van der Waals surface area contributed by atoms with E-state index in [9.17, 15) is 53.4 Å². The van der Waals surface area contributed by atoms with Crippen molar-refractivity contribution in [3.63, 3.8) is 0 Å². The van der Waals surface area contributed by atoms with E-state index in [1.165, 1.54) is 17.7 Å². The topological polar surface area (TPSA) is 388 Å². The van der Waals surface area contributed by atoms with Crippen molar-refractivity contribution in [1.82, 2.24) is 36.8 Å². The van der Waals surface area contributed by atoms with E-state index in [2.05, 4.69) is 33.5 Å². The number of nitrogens with one attached hydrogen (secondary N) is 6. The Morgan fingerprint density at radius 3 is 1.85 bits per heavy atom. The van der Waals surface area contributed by atoms with Crippen LogP contribution in [0.5, 0.6) is 0 Å². The van der Waals surface area contributed by atoms with E-state index in [-0.39, 0.29) is 5.56 Å². The maximum Gasteiger partial charge on any atom is 0.472 e. The molecule has 0 saturated carbocycles. The van der Waals surface area contributed by atoms with Crippen molar-refractivity contribution >= 4 is 60.3 Å². The smallest absolute Gasteiger partial charge is 0.472 e. The quantitative estimate of drug-likeness (QED) is 0.0328. The summed E-state index contributed by atoms with van der Waals surface area (Å²) < 4.78 is 0. The van der Waals surface area contributed by atoms with Crippen molar-refractivity contribution in [3.05, 3.63) is 59.7 Å². The van der Waals surface area contributed by atoms with Gasteiger partial charge in [0.25, 0.3) is 17.7 Å². The summed E-state index contributed by atoms with van der Waals surface area (Å²) in [6, 6.07) is 9.79. The fourth-order valence-electron chi connectivity index (χ4n) is 5.45. The van der Waals surface area contributed by atoms with Crippen LogP contribution in [0.2, 0.25) is 0 Å². The summed E-state index contributed by atoms with van der Waals surface area (Å²) in [5.74, 6) is -9.67. The molecule has 2 aromatic carbocycles. The average Bonchev–Trinajstić information content (AvgIpc) is 3.22. The molecule has 24 heteroatoms. The van der Waals surface area contributed by atoms with Crippen LogP contribution in [0.25, 0.3) is 11.1 Å². The number of aliphatic hydroxyl groups is 1. The number of rotatable bonds is 25. The van der Waals surface area contributed by atoms with Crippen LogP contribution in [-0.4, -0.2) is 143 Å². The fraction of sp³-hybridized carbons (Fsp3) is 0.432. The maximum atomic E-state index is 13.2. The molecule has 61 heavy (non-hydrogen) atoms. The molecule has 8 amide bonds. The predicted octanol–water partition coefficient (Wildman–Crippen LogP) is -5.11. The van der Waals surface area contributed by atoms with Gasteiger partial charge in [0.1, 0.15) is 18.1 Å². The van der Waals surface area contributed by atoms with Crippen molar-refractivity contribution in [2.75, 3.05) is 26.6 Å². The molecule has 0 bridgehead atoms. The number of carboxylic acids is 1. The lowest BCUT2D eigenvalue weighted by Gasteiger charge is -2.28. The van der Waals surface area contributed by atoms with Gasteiger partial charge >= 0.3 is 13.1 Å². The van der Waals surface area contributed by atoms with Gasteiger partial charge in [0.2, 0.25) is 29.5 Å². The minimum absolute atomic E-state index is 0.176. The molecule has 0 aliphatic carbocycles. The van der Waals surface area contributed by atoms with Crippen molar-refractivity contribution in [1.29, 1.82) is 0 Å². The Bertz CT molecular complexity index is 1870. The number of aryl methyl sites for hydroxylation is 1. The van der Waals surface area contributed by atoms with Crippen LogP contribution in [0, 0.1) is 0 Å². The fourth-order valence-corrected chi connectivity index (χ4v) is 5.45. The van der Waals surface area contributed by atoms with Gasteiger partial charge in [0, 0.05) is 19.0 Å². The second-order valence-electron chi connectivity index (χ2n) is 13.7. The summed E-state index contributed by atoms with van der Waals surface area (Å²) in [5.41, 5.74) is 19.8. The average molecular weight is 857 g/mol. The molecule has 2 aromatic rings. The van der Waals surface area contributed by atoms with Crippen LogP contribution in [0.1, 0.15) is 54.9 Å². The predicted molar refractivity (Wildman–Crippen MR) is 216 cm³/mol. The van der Waals surface area contributed by atoms with E-state index in [0.717, 1.165) is 42.3 Å². The monoisotopic (exact) mass is 856 g/mol. The Labute approximate surface area is 350 Å². The highest BCUT2D eigenvalue weighted by Crippen LogP contribution is 2.21. The molecule has 16 N–H and O–H groups in total. The lowest BCUT2D eigenvalue weighted by Crippen LogP contribution is -2.61. The minimum Gasteiger partial charge on any atom is -0.481 e. The summed E-state index contributed by atoms with van der Waals surface area (Å²) in [6.45, 7) is 0.408. The Kier molecular flexibility index (Phi) is 21.0. The zero-order valence-corrected chi connectivity index (χ0v) is 33.6. The lowest BCUT2D eigenvalue weighted by atomic mass is 9.92. The Hall–Kier alpha value is -6.47. The van der Waals surface area contributed by atoms with E-state index in [0.29, 0.717) is 0 Å². The lowest BCUT2D eigenvalue weighted by molar-refractivity contribution is -0.143. The minimum atomic E-state index is -1.96. The first kappa shape index (κ1) is 50.7. The number of carboxylic acid groups (broad SMARTS) is 1. The molecule has 0 aliphatic heterocycles. The molecule has 0 aliphatic rings. The van der Waals surface area contributed by atoms with Crippen LogP contribution >= 0.6 is 0 Å². The van der Waals surface area contributed by atoms with E-state index in [1.807, 2.05) is 29.6 Å². The van der Waals surface area contributed by atoms with E-state index < -0.39 is 130 Å². The molecule has 0 radical (unpaired) electrons. The molecule has 2 rings (SSSR count). The van der Waals surface area contributed by atoms with Gasteiger partial charge in [-0.15, -0.1) is 0 Å². The summed E-state index contributed by atoms with van der Waals surface area (Å²) in [6.07, 6.45) is -3.18. The number of carbonyl (C=O) groups excluding carboxylic acids is 8. The van der Waals surface area contributed by atoms with E-state index in [4.69, 9.17) is 27.2 Å². The molecule has 0 fully saturated rings. The molecule has 0 heterocycles. The molecule has 0 saturated heterocycles. The number of hydrogen-bond donors (Lipinski definition) is 13. The van der Waals surface area contributed by atoms with Gasteiger partial charge in [-0.05, 0) is 48.1 Å².